The van der Waals surface area contributed by atoms with Crippen molar-refractivity contribution in [2.24, 2.45) is 0 Å². The van der Waals surface area contributed by atoms with Crippen LogP contribution < -0.4 is 0 Å². The second-order valence-corrected chi connectivity index (χ2v) is 7.96. The highest BCUT2D eigenvalue weighted by molar-refractivity contribution is 7.99. The van der Waals surface area contributed by atoms with E-state index in [-0.39, 0.29) is 0 Å². The van der Waals surface area contributed by atoms with Crippen LogP contribution in [0.5, 0.6) is 0 Å². The molecular weight excluding hydrogens is 236 g/mol. The van der Waals surface area contributed by atoms with Gasteiger partial charge in [0.2, 0.25) is 0 Å². The van der Waals surface area contributed by atoms with Gasteiger partial charge in [-0.2, -0.15) is 0 Å². The van der Waals surface area contributed by atoms with Gasteiger partial charge in [-0.1, -0.05) is 0 Å². The standard InChI is InChI=1S/C12H24N2S2/c1-3-13(11-15-9-1)5-7-14(8-6-13)4-2-10-16-12-14/h1-12H2/q+2. The van der Waals surface area contributed by atoms with Crippen LogP contribution in [-0.2, 0) is 0 Å². The second-order valence-electron chi connectivity index (χ2n) is 5.81. The number of nitrogens with zero attached hydrogens (tertiary/aromatic N) is 2. The van der Waals surface area contributed by atoms with Gasteiger partial charge in [0.05, 0.1) is 13.1 Å². The molecule has 3 heterocycles. The van der Waals surface area contributed by atoms with Crippen LogP contribution in [0, 0.1) is 0 Å². The van der Waals surface area contributed by atoms with Crippen molar-refractivity contribution in [3.8, 4) is 0 Å². The van der Waals surface area contributed by atoms with Crippen molar-refractivity contribution in [1.82, 2.24) is 0 Å². The molecule has 0 aromatic rings. The lowest BCUT2D eigenvalue weighted by atomic mass is 10.2. The molecular formula is C12H24N2S2+2. The topological polar surface area (TPSA) is 0 Å². The van der Waals surface area contributed by atoms with E-state index in [1.807, 2.05) is 0 Å². The van der Waals surface area contributed by atoms with Gasteiger partial charge >= 0.3 is 0 Å². The fourth-order valence-electron chi connectivity index (χ4n) is 3.43. The molecule has 0 radical (unpaired) electrons. The monoisotopic (exact) mass is 260 g/mol. The van der Waals surface area contributed by atoms with E-state index in [1.165, 1.54) is 84.3 Å². The molecule has 0 saturated carbocycles. The Hall–Kier alpha value is 0.620. The maximum absolute atomic E-state index is 2.20. The fraction of sp³-hybridized carbons (Fsp3) is 1.00. The molecule has 0 atom stereocenters. The molecule has 0 aromatic carbocycles. The van der Waals surface area contributed by atoms with Gasteiger partial charge in [-0.05, 0) is 0 Å². The van der Waals surface area contributed by atoms with Gasteiger partial charge in [-0.25, -0.2) is 0 Å². The molecule has 0 aliphatic carbocycles. The van der Waals surface area contributed by atoms with Gasteiger partial charge in [0.15, 0.2) is 0 Å². The summed E-state index contributed by atoms with van der Waals surface area (Å²) < 4.78 is 2.91. The average Bonchev–Trinajstić information content (AvgIpc) is 2.36. The molecule has 4 heteroatoms. The van der Waals surface area contributed by atoms with E-state index >= 15 is 0 Å². The Morgan fingerprint density at radius 2 is 1.00 bits per heavy atom. The molecule has 2 spiro atoms. The Kier molecular flexibility index (Phi) is 3.44. The number of hydrogen-bond acceptors (Lipinski definition) is 2. The zero-order valence-corrected chi connectivity index (χ0v) is 11.8. The van der Waals surface area contributed by atoms with Gasteiger partial charge < -0.3 is 8.97 Å². The molecule has 3 fully saturated rings. The summed E-state index contributed by atoms with van der Waals surface area (Å²) in [6.45, 7) is 8.81. The normalized spacial score (nSPS) is 45.0. The van der Waals surface area contributed by atoms with Gasteiger partial charge in [0.1, 0.15) is 37.9 Å². The fourth-order valence-corrected chi connectivity index (χ4v) is 5.90. The first kappa shape index (κ1) is 11.7. The lowest BCUT2D eigenvalue weighted by molar-refractivity contribution is -1.02. The molecule has 3 aliphatic rings. The number of rotatable bonds is 0. The predicted molar refractivity (Wildman–Crippen MR) is 73.6 cm³/mol. The van der Waals surface area contributed by atoms with E-state index in [0.29, 0.717) is 0 Å². The number of quaternary nitrogens is 2. The number of thioether (sulfide) groups is 2. The van der Waals surface area contributed by atoms with Crippen molar-refractivity contribution in [2.45, 2.75) is 12.8 Å². The van der Waals surface area contributed by atoms with Crippen molar-refractivity contribution in [2.75, 3.05) is 62.5 Å². The van der Waals surface area contributed by atoms with Crippen molar-refractivity contribution in [1.29, 1.82) is 0 Å². The Bertz CT molecular complexity index is 207. The molecule has 3 saturated heterocycles. The van der Waals surface area contributed by atoms with Gasteiger partial charge in [-0.3, -0.25) is 0 Å². The molecule has 0 unspecified atom stereocenters. The third-order valence-corrected chi connectivity index (χ3v) is 7.29. The summed E-state index contributed by atoms with van der Waals surface area (Å²) in [6, 6.07) is 0. The zero-order valence-electron chi connectivity index (χ0n) is 10.2. The maximum atomic E-state index is 2.20. The molecule has 0 aromatic heterocycles. The largest absolute Gasteiger partial charge is 0.306 e. The highest BCUT2D eigenvalue weighted by Gasteiger charge is 2.43. The minimum Gasteiger partial charge on any atom is -0.306 e. The minimum atomic E-state index is 1.41. The maximum Gasteiger partial charge on any atom is 0.129 e. The predicted octanol–water partition coefficient (Wildman–Crippen LogP) is 1.82. The molecule has 16 heavy (non-hydrogen) atoms. The summed E-state index contributed by atoms with van der Waals surface area (Å²) in [5.41, 5.74) is 0. The van der Waals surface area contributed by atoms with E-state index in [1.54, 1.807) is 0 Å². The van der Waals surface area contributed by atoms with E-state index in [2.05, 4.69) is 23.5 Å². The summed E-state index contributed by atoms with van der Waals surface area (Å²) in [5.74, 6) is 5.64. The van der Waals surface area contributed by atoms with Crippen molar-refractivity contribution < 1.29 is 8.97 Å². The summed E-state index contributed by atoms with van der Waals surface area (Å²) in [5, 5.41) is 0. The van der Waals surface area contributed by atoms with Crippen LogP contribution in [0.4, 0.5) is 0 Å². The molecule has 3 rings (SSSR count). The van der Waals surface area contributed by atoms with E-state index in [4.69, 9.17) is 0 Å². The first-order chi connectivity index (χ1) is 7.83. The van der Waals surface area contributed by atoms with Gasteiger partial charge in [0, 0.05) is 24.3 Å². The van der Waals surface area contributed by atoms with Crippen LogP contribution in [0.3, 0.4) is 0 Å². The minimum absolute atomic E-state index is 1.41. The lowest BCUT2D eigenvalue weighted by Gasteiger charge is -2.51. The molecule has 92 valence electrons. The molecule has 0 amide bonds. The van der Waals surface area contributed by atoms with Gasteiger partial charge in [0.25, 0.3) is 0 Å². The number of piperazine rings is 1. The molecule has 3 aliphatic heterocycles. The summed E-state index contributed by atoms with van der Waals surface area (Å²) in [6.07, 6.45) is 2.92. The quantitative estimate of drug-likeness (QED) is 0.610. The van der Waals surface area contributed by atoms with E-state index in [9.17, 15) is 0 Å². The average molecular weight is 260 g/mol. The molecule has 0 N–H and O–H groups in total. The summed E-state index contributed by atoms with van der Waals surface area (Å²) >= 11 is 4.39. The van der Waals surface area contributed by atoms with Crippen LogP contribution in [-0.4, -0.2) is 71.5 Å². The van der Waals surface area contributed by atoms with Crippen LogP contribution >= 0.6 is 23.5 Å². The molecule has 0 bridgehead atoms. The lowest BCUT2D eigenvalue weighted by Crippen LogP contribution is -2.68. The summed E-state index contributed by atoms with van der Waals surface area (Å²) in [7, 11) is 0. The van der Waals surface area contributed by atoms with Crippen LogP contribution in [0.1, 0.15) is 12.8 Å². The first-order valence-electron chi connectivity index (χ1n) is 6.68. The smallest absolute Gasteiger partial charge is 0.129 e. The Morgan fingerprint density at radius 1 is 0.562 bits per heavy atom. The second kappa shape index (κ2) is 4.71. The molecule has 2 nitrogen and oxygen atoms in total. The third-order valence-electron chi connectivity index (χ3n) is 4.67. The zero-order chi connectivity index (χ0) is 10.9. The van der Waals surface area contributed by atoms with Crippen molar-refractivity contribution >= 4 is 23.5 Å². The van der Waals surface area contributed by atoms with Crippen LogP contribution in [0.25, 0.3) is 0 Å². The van der Waals surface area contributed by atoms with Crippen molar-refractivity contribution in [3.05, 3.63) is 0 Å². The first-order valence-corrected chi connectivity index (χ1v) is 8.99. The Morgan fingerprint density at radius 3 is 1.31 bits per heavy atom. The van der Waals surface area contributed by atoms with E-state index < -0.39 is 0 Å². The number of hydrogen-bond donors (Lipinski definition) is 0. The third kappa shape index (κ3) is 2.26. The Balaban J connectivity index is 1.61. The Labute approximate surface area is 108 Å². The van der Waals surface area contributed by atoms with Crippen LogP contribution in [0.15, 0.2) is 0 Å². The highest BCUT2D eigenvalue weighted by atomic mass is 32.2. The van der Waals surface area contributed by atoms with Crippen molar-refractivity contribution in [3.63, 3.8) is 0 Å². The SMILES string of the molecule is C1CSC[N+]2(C1)CC[N+]1(CCCSC1)CC2. The highest BCUT2D eigenvalue weighted by Crippen LogP contribution is 2.30. The van der Waals surface area contributed by atoms with Crippen LogP contribution in [0.2, 0.25) is 0 Å². The van der Waals surface area contributed by atoms with Gasteiger partial charge in [-0.15, -0.1) is 23.5 Å². The summed E-state index contributed by atoms with van der Waals surface area (Å²) in [4.78, 5) is 0. The van der Waals surface area contributed by atoms with E-state index in [0.717, 1.165) is 0 Å².